The van der Waals surface area contributed by atoms with Gasteiger partial charge in [0, 0.05) is 4.90 Å². The Morgan fingerprint density at radius 3 is 2.88 bits per heavy atom. The third-order valence-corrected chi connectivity index (χ3v) is 5.34. The molecule has 0 saturated heterocycles. The van der Waals surface area contributed by atoms with Crippen molar-refractivity contribution in [2.75, 3.05) is 6.61 Å². The summed E-state index contributed by atoms with van der Waals surface area (Å²) in [7, 11) is 0. The van der Waals surface area contributed by atoms with Gasteiger partial charge in [-0.2, -0.15) is 0 Å². The van der Waals surface area contributed by atoms with Crippen LogP contribution in [0, 0.1) is 0 Å². The Kier molecular flexibility index (Phi) is 3.90. The maximum Gasteiger partial charge on any atom is 0.420 e. The van der Waals surface area contributed by atoms with Crippen molar-refractivity contribution in [3.05, 3.63) is 64.6 Å². The molecule has 5 nitrogen and oxygen atoms in total. The van der Waals surface area contributed by atoms with Gasteiger partial charge in [0.05, 0.1) is 12.1 Å². The maximum atomic E-state index is 12.2. The van der Waals surface area contributed by atoms with E-state index >= 15 is 0 Å². The van der Waals surface area contributed by atoms with Crippen LogP contribution in [0.4, 0.5) is 0 Å². The van der Waals surface area contributed by atoms with E-state index in [-0.39, 0.29) is 24.4 Å². The average molecular weight is 341 g/mol. The Hall–Kier alpha value is -2.47. The average Bonchev–Trinajstić information content (AvgIpc) is 3.16. The summed E-state index contributed by atoms with van der Waals surface area (Å²) in [6, 6.07) is 15.2. The van der Waals surface area contributed by atoms with E-state index < -0.39 is 5.76 Å². The topological polar surface area (TPSA) is 61.4 Å². The van der Waals surface area contributed by atoms with Gasteiger partial charge in [-0.05, 0) is 30.2 Å². The first-order valence-corrected chi connectivity index (χ1v) is 8.60. The molecule has 0 aliphatic carbocycles. The van der Waals surface area contributed by atoms with Crippen LogP contribution >= 0.6 is 11.8 Å². The van der Waals surface area contributed by atoms with Gasteiger partial charge in [0.25, 0.3) is 0 Å². The summed E-state index contributed by atoms with van der Waals surface area (Å²) in [6.45, 7) is 0.432. The highest BCUT2D eigenvalue weighted by atomic mass is 32.2. The number of fused-ring (bicyclic) bond motifs is 2. The van der Waals surface area contributed by atoms with Crippen LogP contribution in [0.25, 0.3) is 11.1 Å². The minimum Gasteiger partial charge on any atom is -0.463 e. The van der Waals surface area contributed by atoms with E-state index in [1.165, 1.54) is 21.9 Å². The van der Waals surface area contributed by atoms with Crippen LogP contribution in [0.2, 0.25) is 0 Å². The fourth-order valence-corrected chi connectivity index (χ4v) is 4.06. The van der Waals surface area contributed by atoms with Gasteiger partial charge in [-0.25, -0.2) is 4.79 Å². The Balaban J connectivity index is 1.38. The van der Waals surface area contributed by atoms with E-state index in [1.54, 1.807) is 6.07 Å². The standard InChI is InChI=1S/C18H15NO4S/c20-17(16-11-12-5-1-4-8-15(12)24-16)22-10-9-19-13-6-2-3-7-14(13)23-18(19)21/h1-8,16H,9-11H2/t16-/m1/s1. The third kappa shape index (κ3) is 2.73. The number of aromatic nitrogens is 1. The molecule has 1 aliphatic heterocycles. The molecular weight excluding hydrogens is 326 g/mol. The third-order valence-electron chi connectivity index (χ3n) is 4.04. The smallest absolute Gasteiger partial charge is 0.420 e. The van der Waals surface area contributed by atoms with Crippen LogP contribution in [0.5, 0.6) is 0 Å². The number of carbonyl (C=O) groups is 1. The monoisotopic (exact) mass is 341 g/mol. The number of hydrogen-bond acceptors (Lipinski definition) is 5. The lowest BCUT2D eigenvalue weighted by Crippen LogP contribution is -2.24. The van der Waals surface area contributed by atoms with E-state index in [0.717, 1.165) is 4.90 Å². The van der Waals surface area contributed by atoms with Gasteiger partial charge >= 0.3 is 11.7 Å². The summed E-state index contributed by atoms with van der Waals surface area (Å²) in [5.41, 5.74) is 2.43. The summed E-state index contributed by atoms with van der Waals surface area (Å²) in [6.07, 6.45) is 0.689. The molecule has 0 spiro atoms. The predicted molar refractivity (Wildman–Crippen MR) is 91.2 cm³/mol. The number of ether oxygens (including phenoxy) is 1. The number of rotatable bonds is 4. The van der Waals surface area contributed by atoms with E-state index in [1.807, 2.05) is 42.5 Å². The lowest BCUT2D eigenvalue weighted by molar-refractivity contribution is -0.143. The second-order valence-corrected chi connectivity index (χ2v) is 6.82. The lowest BCUT2D eigenvalue weighted by atomic mass is 10.1. The second-order valence-electron chi connectivity index (χ2n) is 5.57. The number of carbonyl (C=O) groups excluding carboxylic acids is 1. The fourth-order valence-electron chi connectivity index (χ4n) is 2.87. The van der Waals surface area contributed by atoms with Crippen LogP contribution < -0.4 is 5.76 Å². The minimum absolute atomic E-state index is 0.148. The van der Waals surface area contributed by atoms with Crippen molar-refractivity contribution in [2.45, 2.75) is 23.1 Å². The molecule has 0 amide bonds. The summed E-state index contributed by atoms with van der Waals surface area (Å²) < 4.78 is 12.0. The molecule has 0 unspecified atom stereocenters. The molecule has 0 N–H and O–H groups in total. The SMILES string of the molecule is O=C(OCCn1c(=O)oc2ccccc21)[C@H]1Cc2ccccc2S1. The number of benzene rings is 2. The Labute approximate surface area is 142 Å². The van der Waals surface area contributed by atoms with Crippen molar-refractivity contribution in [3.8, 4) is 0 Å². The summed E-state index contributed by atoms with van der Waals surface area (Å²) in [5, 5.41) is -0.208. The highest BCUT2D eigenvalue weighted by Gasteiger charge is 2.29. The van der Waals surface area contributed by atoms with Crippen molar-refractivity contribution in [1.82, 2.24) is 4.57 Å². The van der Waals surface area contributed by atoms with Crippen molar-refractivity contribution in [1.29, 1.82) is 0 Å². The van der Waals surface area contributed by atoms with Crippen LogP contribution in [0.1, 0.15) is 5.56 Å². The van der Waals surface area contributed by atoms with E-state index in [2.05, 4.69) is 0 Å². The number of thioether (sulfide) groups is 1. The molecule has 122 valence electrons. The largest absolute Gasteiger partial charge is 0.463 e. The van der Waals surface area contributed by atoms with Gasteiger partial charge in [-0.1, -0.05) is 30.3 Å². The zero-order chi connectivity index (χ0) is 16.5. The van der Waals surface area contributed by atoms with Crippen molar-refractivity contribution < 1.29 is 13.9 Å². The van der Waals surface area contributed by atoms with E-state index in [4.69, 9.17) is 9.15 Å². The molecule has 1 aliphatic rings. The molecular formula is C18H15NO4S. The molecule has 0 radical (unpaired) electrons. The molecule has 4 rings (SSSR count). The lowest BCUT2D eigenvalue weighted by Gasteiger charge is -2.09. The fraction of sp³-hybridized carbons (Fsp3) is 0.222. The van der Waals surface area contributed by atoms with Gasteiger partial charge in [0.15, 0.2) is 5.58 Å². The zero-order valence-corrected chi connectivity index (χ0v) is 13.6. The predicted octanol–water partition coefficient (Wildman–Crippen LogP) is 2.85. The first kappa shape index (κ1) is 15.1. The van der Waals surface area contributed by atoms with Crippen LogP contribution in [-0.2, 0) is 22.5 Å². The number of esters is 1. The highest BCUT2D eigenvalue weighted by Crippen LogP contribution is 2.37. The Morgan fingerprint density at radius 2 is 2.00 bits per heavy atom. The molecule has 0 fully saturated rings. The molecule has 24 heavy (non-hydrogen) atoms. The molecule has 2 aromatic carbocycles. The molecule has 1 aromatic heterocycles. The van der Waals surface area contributed by atoms with Crippen LogP contribution in [0.15, 0.2) is 62.6 Å². The van der Waals surface area contributed by atoms with Crippen molar-refractivity contribution in [2.24, 2.45) is 0 Å². The zero-order valence-electron chi connectivity index (χ0n) is 12.8. The van der Waals surface area contributed by atoms with Crippen molar-refractivity contribution in [3.63, 3.8) is 0 Å². The summed E-state index contributed by atoms with van der Waals surface area (Å²) >= 11 is 1.54. The van der Waals surface area contributed by atoms with Crippen molar-refractivity contribution >= 4 is 28.8 Å². The highest BCUT2D eigenvalue weighted by molar-refractivity contribution is 8.01. The van der Waals surface area contributed by atoms with Crippen LogP contribution in [0.3, 0.4) is 0 Å². The van der Waals surface area contributed by atoms with Gasteiger partial charge in [0.2, 0.25) is 0 Å². The van der Waals surface area contributed by atoms with E-state index in [0.29, 0.717) is 17.5 Å². The Bertz CT molecular complexity index is 934. The Morgan fingerprint density at radius 1 is 1.21 bits per heavy atom. The molecule has 1 atom stereocenters. The quantitative estimate of drug-likeness (QED) is 0.683. The molecule has 0 saturated carbocycles. The molecule has 3 aromatic rings. The van der Waals surface area contributed by atoms with E-state index in [9.17, 15) is 9.59 Å². The van der Waals surface area contributed by atoms with Gasteiger partial charge in [0.1, 0.15) is 11.9 Å². The molecule has 2 heterocycles. The maximum absolute atomic E-state index is 12.2. The minimum atomic E-state index is -0.435. The summed E-state index contributed by atoms with van der Waals surface area (Å²) in [5.74, 6) is -0.674. The van der Waals surface area contributed by atoms with Gasteiger partial charge in [-0.15, -0.1) is 11.8 Å². The van der Waals surface area contributed by atoms with Crippen LogP contribution in [-0.4, -0.2) is 22.4 Å². The normalized spacial score (nSPS) is 16.2. The number of para-hydroxylation sites is 2. The van der Waals surface area contributed by atoms with Gasteiger partial charge in [-0.3, -0.25) is 9.36 Å². The van der Waals surface area contributed by atoms with Gasteiger partial charge < -0.3 is 9.15 Å². The summed E-state index contributed by atoms with van der Waals surface area (Å²) in [4.78, 5) is 25.2. The first-order valence-electron chi connectivity index (χ1n) is 7.72. The number of hydrogen-bond donors (Lipinski definition) is 0. The number of nitrogens with zero attached hydrogens (tertiary/aromatic N) is 1. The molecule has 6 heteroatoms. The second kappa shape index (κ2) is 6.20. The molecule has 0 bridgehead atoms. The number of oxazole rings is 1. The first-order chi connectivity index (χ1) is 11.7.